The maximum atomic E-state index is 9.71. The van der Waals surface area contributed by atoms with E-state index < -0.39 is 0 Å². The number of nitrogens with one attached hydrogen (secondary N) is 1. The average molecular weight is 243 g/mol. The van der Waals surface area contributed by atoms with Gasteiger partial charge in [-0.2, -0.15) is 5.26 Å². The smallest absolute Gasteiger partial charge is 0.148 e. The van der Waals surface area contributed by atoms with E-state index in [2.05, 4.69) is 9.97 Å². The number of aryl methyl sites for hydroxylation is 1. The average Bonchev–Trinajstić information content (AvgIpc) is 2.29. The minimum Gasteiger partial charge on any atom is -0.507 e. The van der Waals surface area contributed by atoms with Crippen LogP contribution in [0.15, 0.2) is 24.3 Å². The van der Waals surface area contributed by atoms with Gasteiger partial charge in [0.05, 0.1) is 5.56 Å². The van der Waals surface area contributed by atoms with E-state index in [0.29, 0.717) is 22.6 Å². The highest BCUT2D eigenvalue weighted by molar-refractivity contribution is 7.71. The quantitative estimate of drug-likeness (QED) is 0.755. The van der Waals surface area contributed by atoms with Crippen LogP contribution in [0.2, 0.25) is 0 Å². The van der Waals surface area contributed by atoms with Crippen molar-refractivity contribution in [1.82, 2.24) is 9.97 Å². The van der Waals surface area contributed by atoms with Gasteiger partial charge in [0.2, 0.25) is 0 Å². The van der Waals surface area contributed by atoms with Crippen LogP contribution in [0.4, 0.5) is 0 Å². The van der Waals surface area contributed by atoms with E-state index in [9.17, 15) is 5.11 Å². The number of rotatable bonds is 1. The Morgan fingerprint density at radius 1 is 1.41 bits per heavy atom. The fourth-order valence-corrected chi connectivity index (χ4v) is 1.81. The molecule has 0 bridgehead atoms. The largest absolute Gasteiger partial charge is 0.507 e. The Morgan fingerprint density at radius 3 is 2.71 bits per heavy atom. The van der Waals surface area contributed by atoms with Crippen molar-refractivity contribution >= 4 is 12.2 Å². The van der Waals surface area contributed by atoms with Gasteiger partial charge in [0.25, 0.3) is 0 Å². The molecule has 0 atom stereocenters. The molecule has 0 aliphatic rings. The first kappa shape index (κ1) is 11.3. The van der Waals surface area contributed by atoms with Crippen molar-refractivity contribution in [2.45, 2.75) is 6.92 Å². The lowest BCUT2D eigenvalue weighted by Gasteiger charge is -2.06. The molecular weight excluding hydrogens is 234 g/mol. The fraction of sp³-hybridized carbons (Fsp3) is 0.0833. The number of H-pyrrole nitrogens is 1. The Hall–Kier alpha value is -2.19. The third kappa shape index (κ3) is 2.03. The second kappa shape index (κ2) is 4.36. The van der Waals surface area contributed by atoms with Gasteiger partial charge in [-0.3, -0.25) is 0 Å². The Balaban J connectivity index is 2.68. The van der Waals surface area contributed by atoms with Crippen molar-refractivity contribution in [3.63, 3.8) is 0 Å². The Bertz CT molecular complexity index is 670. The number of hydrogen-bond donors (Lipinski definition) is 2. The van der Waals surface area contributed by atoms with Crippen molar-refractivity contribution in [2.75, 3.05) is 0 Å². The van der Waals surface area contributed by atoms with Gasteiger partial charge in [0.1, 0.15) is 27.8 Å². The molecule has 0 unspecified atom stereocenters. The molecule has 2 rings (SSSR count). The molecule has 0 aliphatic heterocycles. The summed E-state index contributed by atoms with van der Waals surface area (Å²) in [5.41, 5.74) is 1.57. The van der Waals surface area contributed by atoms with Gasteiger partial charge in [0, 0.05) is 5.69 Å². The fourth-order valence-electron chi connectivity index (χ4n) is 1.52. The number of hydrogen-bond acceptors (Lipinski definition) is 4. The third-order valence-electron chi connectivity index (χ3n) is 2.38. The summed E-state index contributed by atoms with van der Waals surface area (Å²) in [5, 5.41) is 18.6. The van der Waals surface area contributed by atoms with Gasteiger partial charge in [-0.25, -0.2) is 4.98 Å². The van der Waals surface area contributed by atoms with E-state index in [4.69, 9.17) is 17.5 Å². The first-order valence-electron chi connectivity index (χ1n) is 4.93. The van der Waals surface area contributed by atoms with Gasteiger partial charge in [-0.15, -0.1) is 0 Å². The highest BCUT2D eigenvalue weighted by Gasteiger charge is 2.09. The second-order valence-corrected chi connectivity index (χ2v) is 3.91. The summed E-state index contributed by atoms with van der Waals surface area (Å²) in [7, 11) is 0. The van der Waals surface area contributed by atoms with Gasteiger partial charge >= 0.3 is 0 Å². The molecule has 84 valence electrons. The minimum atomic E-state index is 0.120. The number of benzene rings is 1. The summed E-state index contributed by atoms with van der Waals surface area (Å²) in [6.07, 6.45) is 0. The molecule has 1 aromatic heterocycles. The molecule has 2 N–H and O–H groups in total. The monoisotopic (exact) mass is 243 g/mol. The van der Waals surface area contributed by atoms with E-state index in [0.717, 1.165) is 0 Å². The van der Waals surface area contributed by atoms with Crippen molar-refractivity contribution < 1.29 is 5.11 Å². The normalized spacial score (nSPS) is 9.88. The Labute approximate surface area is 103 Å². The SMILES string of the molecule is Cc1[nH]c(-c2ccccc2O)nc(=S)c1C#N. The summed E-state index contributed by atoms with van der Waals surface area (Å²) in [5.74, 6) is 0.583. The molecule has 0 saturated carbocycles. The zero-order valence-electron chi connectivity index (χ0n) is 9.06. The van der Waals surface area contributed by atoms with E-state index >= 15 is 0 Å². The zero-order valence-corrected chi connectivity index (χ0v) is 9.88. The maximum Gasteiger partial charge on any atom is 0.148 e. The van der Waals surface area contributed by atoms with Crippen LogP contribution >= 0.6 is 12.2 Å². The van der Waals surface area contributed by atoms with E-state index in [1.807, 2.05) is 6.07 Å². The van der Waals surface area contributed by atoms with Crippen LogP contribution in [-0.2, 0) is 0 Å². The summed E-state index contributed by atoms with van der Waals surface area (Å²) in [6.45, 7) is 1.75. The van der Waals surface area contributed by atoms with Crippen molar-refractivity contribution in [2.24, 2.45) is 0 Å². The van der Waals surface area contributed by atoms with Gasteiger partial charge in [0.15, 0.2) is 0 Å². The number of aromatic nitrogens is 2. The van der Waals surface area contributed by atoms with Crippen LogP contribution in [0.5, 0.6) is 5.75 Å². The molecule has 5 heteroatoms. The molecule has 4 nitrogen and oxygen atoms in total. The predicted octanol–water partition coefficient (Wildman–Crippen LogP) is 2.69. The minimum absolute atomic E-state index is 0.120. The molecule has 1 aromatic carbocycles. The molecule has 0 radical (unpaired) electrons. The summed E-state index contributed by atoms with van der Waals surface area (Å²) < 4.78 is 0.238. The standard InChI is InChI=1S/C12H9N3OS/c1-7-9(6-13)12(17)15-11(14-7)8-4-2-3-5-10(8)16/h2-5,16H,1H3,(H,14,15,17). The van der Waals surface area contributed by atoms with Crippen LogP contribution in [-0.4, -0.2) is 15.1 Å². The Morgan fingerprint density at radius 2 is 2.12 bits per heavy atom. The number of phenolic OH excluding ortho intramolecular Hbond substituents is 1. The first-order valence-corrected chi connectivity index (χ1v) is 5.33. The predicted molar refractivity (Wildman–Crippen MR) is 66.0 cm³/mol. The number of nitriles is 1. The van der Waals surface area contributed by atoms with Crippen LogP contribution in [0.3, 0.4) is 0 Å². The van der Waals surface area contributed by atoms with E-state index in [1.54, 1.807) is 31.2 Å². The second-order valence-electron chi connectivity index (χ2n) is 3.52. The van der Waals surface area contributed by atoms with Crippen LogP contribution in [0, 0.1) is 22.9 Å². The molecule has 17 heavy (non-hydrogen) atoms. The highest BCUT2D eigenvalue weighted by Crippen LogP contribution is 2.26. The van der Waals surface area contributed by atoms with Crippen molar-refractivity contribution in [3.8, 4) is 23.2 Å². The molecule has 0 fully saturated rings. The molecule has 0 aliphatic carbocycles. The first-order chi connectivity index (χ1) is 8.13. The number of aromatic amines is 1. The summed E-state index contributed by atoms with van der Waals surface area (Å²) >= 11 is 5.03. The van der Waals surface area contributed by atoms with E-state index in [-0.39, 0.29) is 10.4 Å². The number of phenols is 1. The topological polar surface area (TPSA) is 72.7 Å². The van der Waals surface area contributed by atoms with Crippen molar-refractivity contribution in [1.29, 1.82) is 5.26 Å². The van der Waals surface area contributed by atoms with Gasteiger partial charge < -0.3 is 10.1 Å². The van der Waals surface area contributed by atoms with E-state index in [1.165, 1.54) is 0 Å². The lowest BCUT2D eigenvalue weighted by atomic mass is 10.1. The zero-order chi connectivity index (χ0) is 12.4. The molecule has 0 spiro atoms. The maximum absolute atomic E-state index is 9.71. The lowest BCUT2D eigenvalue weighted by molar-refractivity contribution is 0.477. The van der Waals surface area contributed by atoms with Gasteiger partial charge in [-0.05, 0) is 19.1 Å². The molecule has 2 aromatic rings. The van der Waals surface area contributed by atoms with Crippen LogP contribution in [0.1, 0.15) is 11.3 Å². The van der Waals surface area contributed by atoms with Gasteiger partial charge in [-0.1, -0.05) is 24.4 Å². The van der Waals surface area contributed by atoms with Crippen LogP contribution in [0.25, 0.3) is 11.4 Å². The number of aromatic hydroxyl groups is 1. The molecule has 0 amide bonds. The number of para-hydroxylation sites is 1. The number of nitrogens with zero attached hydrogens (tertiary/aromatic N) is 2. The third-order valence-corrected chi connectivity index (χ3v) is 2.67. The lowest BCUT2D eigenvalue weighted by Crippen LogP contribution is -1.97. The molecular formula is C12H9N3OS. The van der Waals surface area contributed by atoms with Crippen LogP contribution < -0.4 is 0 Å². The molecule has 0 saturated heterocycles. The summed E-state index contributed by atoms with van der Waals surface area (Å²) in [6, 6.07) is 8.82. The molecule has 1 heterocycles. The Kier molecular flexibility index (Phi) is 2.90. The van der Waals surface area contributed by atoms with Crippen molar-refractivity contribution in [3.05, 3.63) is 40.2 Å². The summed E-state index contributed by atoms with van der Waals surface area (Å²) in [4.78, 5) is 7.08. The highest BCUT2D eigenvalue weighted by atomic mass is 32.1.